The lowest BCUT2D eigenvalue weighted by Gasteiger charge is -1.96. The highest BCUT2D eigenvalue weighted by Crippen LogP contribution is 2.16. The van der Waals surface area contributed by atoms with Gasteiger partial charge in [-0.05, 0) is 0 Å². The molecule has 22 heavy (non-hydrogen) atoms. The highest BCUT2D eigenvalue weighted by Gasteiger charge is 2.07. The first-order valence-electron chi connectivity index (χ1n) is 6.13. The Bertz CT molecular complexity index is 714. The van der Waals surface area contributed by atoms with Crippen molar-refractivity contribution in [2.24, 2.45) is 5.10 Å². The van der Waals surface area contributed by atoms with Gasteiger partial charge < -0.3 is 4.74 Å². The van der Waals surface area contributed by atoms with E-state index in [-0.39, 0.29) is 18.1 Å². The normalized spacial score (nSPS) is 10.6. The van der Waals surface area contributed by atoms with Gasteiger partial charge in [0, 0.05) is 23.1 Å². The predicted molar refractivity (Wildman–Crippen MR) is 82.1 cm³/mol. The number of nitrogens with zero attached hydrogens (tertiary/aromatic N) is 3. The largest absolute Gasteiger partial charge is 0.469 e. The third kappa shape index (κ3) is 4.35. The number of ether oxygens (including phenoxy) is 1. The molecule has 0 radical (unpaired) electrons. The van der Waals surface area contributed by atoms with Gasteiger partial charge in [0.1, 0.15) is 0 Å². The summed E-state index contributed by atoms with van der Waals surface area (Å²) in [5.74, 6) is -0.364. The van der Waals surface area contributed by atoms with E-state index >= 15 is 0 Å². The smallest absolute Gasteiger partial charge is 0.311 e. The molecule has 0 aliphatic heterocycles. The SMILES string of the molecule is COC(=O)Cc1csc(N/N=C\c2cccc([N+](=O)[O-])c2)n1. The van der Waals surface area contributed by atoms with Gasteiger partial charge in [0.15, 0.2) is 0 Å². The number of aromatic nitrogens is 1. The summed E-state index contributed by atoms with van der Waals surface area (Å²) in [6, 6.07) is 6.10. The lowest BCUT2D eigenvalue weighted by atomic mass is 10.2. The molecule has 0 aliphatic rings. The maximum Gasteiger partial charge on any atom is 0.311 e. The number of nitrogens with one attached hydrogen (secondary N) is 1. The molecule has 0 aliphatic carbocycles. The van der Waals surface area contributed by atoms with Crippen LogP contribution in [0.25, 0.3) is 0 Å². The summed E-state index contributed by atoms with van der Waals surface area (Å²) in [5.41, 5.74) is 3.89. The number of esters is 1. The first kappa shape index (κ1) is 15.6. The highest BCUT2D eigenvalue weighted by molar-refractivity contribution is 7.13. The van der Waals surface area contributed by atoms with Crippen LogP contribution in [0.15, 0.2) is 34.7 Å². The van der Waals surface area contributed by atoms with E-state index in [0.717, 1.165) is 0 Å². The average molecular weight is 320 g/mol. The maximum atomic E-state index is 11.1. The Labute approximate surface area is 129 Å². The fourth-order valence-electron chi connectivity index (χ4n) is 1.54. The van der Waals surface area contributed by atoms with E-state index in [1.54, 1.807) is 17.5 Å². The Morgan fingerprint density at radius 2 is 2.41 bits per heavy atom. The number of methoxy groups -OCH3 is 1. The summed E-state index contributed by atoms with van der Waals surface area (Å²) in [5, 5.41) is 16.9. The molecule has 1 aromatic heterocycles. The van der Waals surface area contributed by atoms with Crippen LogP contribution in [0, 0.1) is 10.1 Å². The molecule has 0 bridgehead atoms. The van der Waals surface area contributed by atoms with Gasteiger partial charge in [-0.1, -0.05) is 12.1 Å². The van der Waals surface area contributed by atoms with Crippen molar-refractivity contribution in [3.8, 4) is 0 Å². The van der Waals surface area contributed by atoms with E-state index in [4.69, 9.17) is 0 Å². The Morgan fingerprint density at radius 3 is 3.14 bits per heavy atom. The molecule has 2 aromatic rings. The number of thiazole rings is 1. The Hall–Kier alpha value is -2.81. The van der Waals surface area contributed by atoms with Crippen molar-refractivity contribution in [1.82, 2.24) is 4.98 Å². The molecule has 0 unspecified atom stereocenters. The van der Waals surface area contributed by atoms with Gasteiger partial charge >= 0.3 is 5.97 Å². The summed E-state index contributed by atoms with van der Waals surface area (Å²) in [6.45, 7) is 0. The molecular formula is C13H12N4O4S. The van der Waals surface area contributed by atoms with Gasteiger partial charge in [-0.25, -0.2) is 4.98 Å². The number of anilines is 1. The van der Waals surface area contributed by atoms with Crippen LogP contribution < -0.4 is 5.43 Å². The second-order valence-corrected chi connectivity index (χ2v) is 4.98. The Kier molecular flexibility index (Phi) is 5.15. The molecule has 1 heterocycles. The minimum Gasteiger partial charge on any atom is -0.469 e. The molecule has 0 amide bonds. The molecule has 2 rings (SSSR count). The molecule has 0 spiro atoms. The second-order valence-electron chi connectivity index (χ2n) is 4.12. The zero-order valence-electron chi connectivity index (χ0n) is 11.6. The third-order valence-corrected chi connectivity index (χ3v) is 3.36. The zero-order chi connectivity index (χ0) is 15.9. The molecule has 0 atom stereocenters. The van der Waals surface area contributed by atoms with Gasteiger partial charge in [-0.3, -0.25) is 20.3 Å². The predicted octanol–water partition coefficient (Wildman–Crippen LogP) is 2.21. The number of benzene rings is 1. The Balaban J connectivity index is 1.96. The maximum absolute atomic E-state index is 11.1. The van der Waals surface area contributed by atoms with E-state index in [1.807, 2.05) is 0 Å². The van der Waals surface area contributed by atoms with Crippen molar-refractivity contribution < 1.29 is 14.5 Å². The van der Waals surface area contributed by atoms with Crippen molar-refractivity contribution in [3.05, 3.63) is 51.0 Å². The highest BCUT2D eigenvalue weighted by atomic mass is 32.1. The van der Waals surface area contributed by atoms with Crippen LogP contribution >= 0.6 is 11.3 Å². The van der Waals surface area contributed by atoms with Gasteiger partial charge in [-0.15, -0.1) is 11.3 Å². The number of hydrogen-bond donors (Lipinski definition) is 1. The van der Waals surface area contributed by atoms with E-state index < -0.39 is 4.92 Å². The Morgan fingerprint density at radius 1 is 1.59 bits per heavy atom. The van der Waals surface area contributed by atoms with E-state index in [0.29, 0.717) is 16.4 Å². The fourth-order valence-corrected chi connectivity index (χ4v) is 2.20. The standard InChI is InChI=1S/C13H12N4O4S/c1-21-12(18)6-10-8-22-13(15-10)16-14-7-9-3-2-4-11(5-9)17(19)20/h2-5,7-8H,6H2,1H3,(H,15,16)/b14-7-. The van der Waals surface area contributed by atoms with Crippen molar-refractivity contribution in [1.29, 1.82) is 0 Å². The topological polar surface area (TPSA) is 107 Å². The van der Waals surface area contributed by atoms with Gasteiger partial charge in [0.2, 0.25) is 5.13 Å². The molecule has 1 aromatic carbocycles. The molecule has 8 nitrogen and oxygen atoms in total. The van der Waals surface area contributed by atoms with Gasteiger partial charge in [-0.2, -0.15) is 5.10 Å². The first-order valence-corrected chi connectivity index (χ1v) is 7.01. The number of non-ortho nitro benzene ring substituents is 1. The number of carbonyl (C=O) groups excluding carboxylic acids is 1. The van der Waals surface area contributed by atoms with Crippen molar-refractivity contribution >= 4 is 34.3 Å². The molecule has 9 heteroatoms. The lowest BCUT2D eigenvalue weighted by molar-refractivity contribution is -0.384. The van der Waals surface area contributed by atoms with Crippen LogP contribution in [0.3, 0.4) is 0 Å². The summed E-state index contributed by atoms with van der Waals surface area (Å²) in [7, 11) is 1.32. The van der Waals surface area contributed by atoms with Crippen molar-refractivity contribution in [3.63, 3.8) is 0 Å². The number of carbonyl (C=O) groups is 1. The van der Waals surface area contributed by atoms with Crippen LogP contribution in [-0.4, -0.2) is 29.2 Å². The third-order valence-electron chi connectivity index (χ3n) is 2.56. The summed E-state index contributed by atoms with van der Waals surface area (Å²) >= 11 is 1.29. The monoisotopic (exact) mass is 320 g/mol. The average Bonchev–Trinajstić information content (AvgIpc) is 2.94. The van der Waals surface area contributed by atoms with Crippen molar-refractivity contribution in [2.75, 3.05) is 12.5 Å². The molecule has 114 valence electrons. The van der Waals surface area contributed by atoms with Crippen molar-refractivity contribution in [2.45, 2.75) is 6.42 Å². The van der Waals surface area contributed by atoms with Gasteiger partial charge in [0.25, 0.3) is 5.69 Å². The minimum atomic E-state index is -0.468. The number of nitro benzene ring substituents is 1. The van der Waals surface area contributed by atoms with Crippen LogP contribution in [0.5, 0.6) is 0 Å². The van der Waals surface area contributed by atoms with Gasteiger partial charge in [0.05, 0.1) is 30.4 Å². The fraction of sp³-hybridized carbons (Fsp3) is 0.154. The summed E-state index contributed by atoms with van der Waals surface area (Å²) < 4.78 is 4.55. The molecule has 0 saturated heterocycles. The summed E-state index contributed by atoms with van der Waals surface area (Å²) in [6.07, 6.45) is 1.55. The van der Waals surface area contributed by atoms with Crippen LogP contribution in [0.4, 0.5) is 10.8 Å². The summed E-state index contributed by atoms with van der Waals surface area (Å²) in [4.78, 5) is 25.5. The van der Waals surface area contributed by atoms with Crippen LogP contribution in [0.2, 0.25) is 0 Å². The molecule has 0 fully saturated rings. The minimum absolute atomic E-state index is 0.00133. The number of hydrazone groups is 1. The first-order chi connectivity index (χ1) is 10.6. The number of rotatable bonds is 6. The van der Waals surface area contributed by atoms with Crippen LogP contribution in [-0.2, 0) is 16.0 Å². The number of nitro groups is 1. The zero-order valence-corrected chi connectivity index (χ0v) is 12.4. The molecule has 1 N–H and O–H groups in total. The second kappa shape index (κ2) is 7.27. The van der Waals surface area contributed by atoms with E-state index in [9.17, 15) is 14.9 Å². The van der Waals surface area contributed by atoms with E-state index in [2.05, 4.69) is 20.2 Å². The van der Waals surface area contributed by atoms with E-state index in [1.165, 1.54) is 36.8 Å². The molecule has 0 saturated carbocycles. The molecular weight excluding hydrogens is 308 g/mol. The number of hydrogen-bond acceptors (Lipinski definition) is 8. The lowest BCUT2D eigenvalue weighted by Crippen LogP contribution is -2.04. The van der Waals surface area contributed by atoms with Crippen LogP contribution in [0.1, 0.15) is 11.3 Å². The quantitative estimate of drug-likeness (QED) is 0.378.